The van der Waals surface area contributed by atoms with E-state index in [4.69, 9.17) is 11.6 Å². The molecule has 20 heavy (non-hydrogen) atoms. The third-order valence-electron chi connectivity index (χ3n) is 3.25. The maximum Gasteiger partial charge on any atom is 0.325 e. The van der Waals surface area contributed by atoms with Gasteiger partial charge in [0.25, 0.3) is 0 Å². The van der Waals surface area contributed by atoms with Gasteiger partial charge in [0.05, 0.1) is 11.5 Å². The van der Waals surface area contributed by atoms with Crippen molar-refractivity contribution in [2.75, 3.05) is 24.6 Å². The van der Waals surface area contributed by atoms with Crippen molar-refractivity contribution in [1.29, 1.82) is 0 Å². The summed E-state index contributed by atoms with van der Waals surface area (Å²) in [5.41, 5.74) is -0.124. The Morgan fingerprint density at radius 1 is 1.35 bits per heavy atom. The Morgan fingerprint density at radius 2 is 1.95 bits per heavy atom. The maximum absolute atomic E-state index is 13.9. The van der Waals surface area contributed by atoms with Crippen LogP contribution >= 0.6 is 11.6 Å². The smallest absolute Gasteiger partial charge is 0.325 e. The molecule has 0 amide bonds. The molecular formula is C12H13ClFNO4S. The zero-order valence-corrected chi connectivity index (χ0v) is 12.0. The fourth-order valence-corrected chi connectivity index (χ4v) is 3.71. The van der Waals surface area contributed by atoms with Crippen molar-refractivity contribution in [1.82, 2.24) is 4.90 Å². The molecule has 1 unspecified atom stereocenters. The first-order valence-corrected chi connectivity index (χ1v) is 8.13. The molecule has 0 aromatic heterocycles. The number of sulfone groups is 1. The molecule has 1 atom stereocenters. The predicted molar refractivity (Wildman–Crippen MR) is 72.0 cm³/mol. The van der Waals surface area contributed by atoms with Gasteiger partial charge in [-0.3, -0.25) is 9.69 Å². The van der Waals surface area contributed by atoms with Gasteiger partial charge in [-0.05, 0) is 12.1 Å². The number of aliphatic carboxylic acids is 1. The SMILES string of the molecule is O=C(O)C(c1c(F)cccc1Cl)N1CCS(=O)(=O)CC1. The highest BCUT2D eigenvalue weighted by atomic mass is 35.5. The molecule has 2 rings (SSSR count). The largest absolute Gasteiger partial charge is 0.480 e. The number of halogens is 2. The van der Waals surface area contributed by atoms with E-state index in [1.165, 1.54) is 17.0 Å². The van der Waals surface area contributed by atoms with Crippen LogP contribution in [0.15, 0.2) is 18.2 Å². The zero-order valence-electron chi connectivity index (χ0n) is 10.4. The van der Waals surface area contributed by atoms with Gasteiger partial charge in [0.2, 0.25) is 0 Å². The van der Waals surface area contributed by atoms with Gasteiger partial charge in [0, 0.05) is 23.7 Å². The van der Waals surface area contributed by atoms with Crippen LogP contribution in [0.4, 0.5) is 4.39 Å². The lowest BCUT2D eigenvalue weighted by Gasteiger charge is -2.32. The molecule has 1 fully saturated rings. The number of carboxylic acids is 1. The zero-order chi connectivity index (χ0) is 14.9. The number of hydrogen-bond donors (Lipinski definition) is 1. The lowest BCUT2D eigenvalue weighted by Crippen LogP contribution is -2.45. The second kappa shape index (κ2) is 5.67. The van der Waals surface area contributed by atoms with E-state index in [1.54, 1.807) is 0 Å². The number of rotatable bonds is 3. The van der Waals surface area contributed by atoms with E-state index in [-0.39, 0.29) is 35.2 Å². The maximum atomic E-state index is 13.9. The molecule has 1 N–H and O–H groups in total. The normalized spacial score (nSPS) is 20.5. The quantitative estimate of drug-likeness (QED) is 0.909. The van der Waals surface area contributed by atoms with Crippen LogP contribution in [0.1, 0.15) is 11.6 Å². The van der Waals surface area contributed by atoms with E-state index >= 15 is 0 Å². The van der Waals surface area contributed by atoms with Gasteiger partial charge >= 0.3 is 5.97 Å². The fourth-order valence-electron chi connectivity index (χ4n) is 2.22. The molecule has 5 nitrogen and oxygen atoms in total. The average molecular weight is 322 g/mol. The molecule has 0 spiro atoms. The molecular weight excluding hydrogens is 309 g/mol. The van der Waals surface area contributed by atoms with Crippen molar-refractivity contribution in [3.63, 3.8) is 0 Å². The van der Waals surface area contributed by atoms with Crippen LogP contribution in [0.2, 0.25) is 5.02 Å². The minimum atomic E-state index is -3.14. The first-order valence-electron chi connectivity index (χ1n) is 5.93. The highest BCUT2D eigenvalue weighted by molar-refractivity contribution is 7.91. The highest BCUT2D eigenvalue weighted by Crippen LogP contribution is 2.31. The Labute approximate surface area is 120 Å². The number of hydrogen-bond acceptors (Lipinski definition) is 4. The van der Waals surface area contributed by atoms with E-state index < -0.39 is 27.7 Å². The molecule has 1 aliphatic heterocycles. The fraction of sp³-hybridized carbons (Fsp3) is 0.417. The average Bonchev–Trinajstić information content (AvgIpc) is 2.34. The topological polar surface area (TPSA) is 74.7 Å². The molecule has 8 heteroatoms. The molecule has 1 aromatic rings. The predicted octanol–water partition coefficient (Wildman–Crippen LogP) is 1.34. The van der Waals surface area contributed by atoms with Crippen molar-refractivity contribution < 1.29 is 22.7 Å². The molecule has 0 saturated carbocycles. The first-order chi connectivity index (χ1) is 9.32. The van der Waals surface area contributed by atoms with Crippen LogP contribution in [-0.2, 0) is 14.6 Å². The summed E-state index contributed by atoms with van der Waals surface area (Å²) in [6, 6.07) is 2.66. The van der Waals surface area contributed by atoms with E-state index in [1.807, 2.05) is 0 Å². The van der Waals surface area contributed by atoms with Crippen molar-refractivity contribution in [2.45, 2.75) is 6.04 Å². The number of benzene rings is 1. The Morgan fingerprint density at radius 3 is 2.45 bits per heavy atom. The lowest BCUT2D eigenvalue weighted by atomic mass is 10.0. The van der Waals surface area contributed by atoms with Gasteiger partial charge in [0.15, 0.2) is 9.84 Å². The third-order valence-corrected chi connectivity index (χ3v) is 5.19. The van der Waals surface area contributed by atoms with E-state index in [0.29, 0.717) is 0 Å². The molecule has 0 bridgehead atoms. The van der Waals surface area contributed by atoms with Crippen molar-refractivity contribution in [3.8, 4) is 0 Å². The van der Waals surface area contributed by atoms with Gasteiger partial charge in [-0.15, -0.1) is 0 Å². The summed E-state index contributed by atoms with van der Waals surface area (Å²) >= 11 is 5.90. The Kier molecular flexibility index (Phi) is 4.31. The molecule has 0 aliphatic carbocycles. The molecule has 1 aromatic carbocycles. The van der Waals surface area contributed by atoms with Crippen molar-refractivity contribution in [3.05, 3.63) is 34.6 Å². The van der Waals surface area contributed by atoms with Crippen LogP contribution in [0, 0.1) is 5.82 Å². The minimum Gasteiger partial charge on any atom is -0.480 e. The summed E-state index contributed by atoms with van der Waals surface area (Å²) < 4.78 is 36.6. The molecule has 1 saturated heterocycles. The van der Waals surface area contributed by atoms with Crippen LogP contribution in [-0.4, -0.2) is 49.0 Å². The highest BCUT2D eigenvalue weighted by Gasteiger charge is 2.35. The van der Waals surface area contributed by atoms with Gasteiger partial charge in [-0.1, -0.05) is 17.7 Å². The second-order valence-corrected chi connectivity index (χ2v) is 7.27. The third kappa shape index (κ3) is 3.11. The second-order valence-electron chi connectivity index (χ2n) is 4.56. The molecule has 1 heterocycles. The Hall–Kier alpha value is -1.18. The summed E-state index contributed by atoms with van der Waals surface area (Å²) in [5, 5.41) is 9.36. The van der Waals surface area contributed by atoms with E-state index in [0.717, 1.165) is 6.07 Å². The minimum absolute atomic E-state index is 0.0193. The van der Waals surface area contributed by atoms with Crippen molar-refractivity contribution in [2.24, 2.45) is 0 Å². The standard InChI is InChI=1S/C12H13ClFNO4S/c13-8-2-1-3-9(14)10(8)11(12(16)17)15-4-6-20(18,19)7-5-15/h1-3,11H,4-7H2,(H,16,17). The van der Waals surface area contributed by atoms with Crippen LogP contribution < -0.4 is 0 Å². The van der Waals surface area contributed by atoms with E-state index in [2.05, 4.69) is 0 Å². The summed E-state index contributed by atoms with van der Waals surface area (Å²) in [7, 11) is -3.14. The van der Waals surface area contributed by atoms with E-state index in [9.17, 15) is 22.7 Å². The number of nitrogens with zero attached hydrogens (tertiary/aromatic N) is 1. The summed E-state index contributed by atoms with van der Waals surface area (Å²) in [6.45, 7) is 0.0912. The lowest BCUT2D eigenvalue weighted by molar-refractivity contribution is -0.143. The number of carbonyl (C=O) groups is 1. The Balaban J connectivity index is 2.36. The van der Waals surface area contributed by atoms with Crippen LogP contribution in [0.25, 0.3) is 0 Å². The summed E-state index contributed by atoms with van der Waals surface area (Å²) in [5.74, 6) is -2.24. The Bertz CT molecular complexity index is 600. The molecule has 0 radical (unpaired) electrons. The van der Waals surface area contributed by atoms with Crippen LogP contribution in [0.5, 0.6) is 0 Å². The molecule has 1 aliphatic rings. The van der Waals surface area contributed by atoms with Gasteiger partial charge in [-0.25, -0.2) is 12.8 Å². The van der Waals surface area contributed by atoms with Crippen LogP contribution in [0.3, 0.4) is 0 Å². The van der Waals surface area contributed by atoms with Crippen molar-refractivity contribution >= 4 is 27.4 Å². The van der Waals surface area contributed by atoms with Gasteiger partial charge in [-0.2, -0.15) is 0 Å². The van der Waals surface area contributed by atoms with Gasteiger partial charge in [0.1, 0.15) is 11.9 Å². The monoisotopic (exact) mass is 321 g/mol. The molecule has 110 valence electrons. The summed E-state index contributed by atoms with van der Waals surface area (Å²) in [6.07, 6.45) is 0. The first kappa shape index (κ1) is 15.2. The summed E-state index contributed by atoms with van der Waals surface area (Å²) in [4.78, 5) is 12.9. The van der Waals surface area contributed by atoms with Gasteiger partial charge < -0.3 is 5.11 Å². The number of carboxylic acid groups (broad SMARTS) is 1.